The Labute approximate surface area is 82.4 Å². The summed E-state index contributed by atoms with van der Waals surface area (Å²) in [5, 5.41) is 8.42. The van der Waals surface area contributed by atoms with Gasteiger partial charge in [0.1, 0.15) is 6.54 Å². The van der Waals surface area contributed by atoms with Crippen LogP contribution >= 0.6 is 11.8 Å². The zero-order valence-electron chi connectivity index (χ0n) is 7.62. The summed E-state index contributed by atoms with van der Waals surface area (Å²) in [6.07, 6.45) is 2.94. The van der Waals surface area contributed by atoms with Gasteiger partial charge < -0.3 is 4.90 Å². The van der Waals surface area contributed by atoms with Gasteiger partial charge in [0.15, 0.2) is 0 Å². The van der Waals surface area contributed by atoms with Gasteiger partial charge in [-0.2, -0.15) is 17.0 Å². The highest BCUT2D eigenvalue weighted by Gasteiger charge is 2.15. The van der Waals surface area contributed by atoms with Crippen molar-refractivity contribution in [3.05, 3.63) is 11.6 Å². The van der Waals surface area contributed by atoms with Gasteiger partial charge in [-0.3, -0.25) is 4.79 Å². The Morgan fingerprint density at radius 3 is 3.15 bits per heavy atom. The van der Waals surface area contributed by atoms with Crippen molar-refractivity contribution in [2.75, 3.05) is 25.1 Å². The number of likely N-dealkylation sites (N-methyl/N-ethyl adjacent to an activating group) is 1. The van der Waals surface area contributed by atoms with Crippen LogP contribution in [0.3, 0.4) is 0 Å². The third-order valence-corrected chi connectivity index (χ3v) is 2.88. The SMILES string of the molecule is CN(CC#N)C(=O)C1=CCCSC1. The largest absolute Gasteiger partial charge is 0.329 e. The van der Waals surface area contributed by atoms with Crippen molar-refractivity contribution in [1.82, 2.24) is 4.90 Å². The van der Waals surface area contributed by atoms with Gasteiger partial charge in [0.05, 0.1) is 6.07 Å². The summed E-state index contributed by atoms with van der Waals surface area (Å²) in [5.74, 6) is 1.88. The second-order valence-corrected chi connectivity index (χ2v) is 4.00. The predicted octanol–water partition coefficient (Wildman–Crippen LogP) is 1.03. The van der Waals surface area contributed by atoms with Crippen LogP contribution in [0.15, 0.2) is 11.6 Å². The number of allylic oxidation sites excluding steroid dienone is 1. The number of hydrogen-bond donors (Lipinski definition) is 0. The molecule has 0 spiro atoms. The lowest BCUT2D eigenvalue weighted by molar-refractivity contribution is -0.125. The molecule has 0 aromatic carbocycles. The summed E-state index contributed by atoms with van der Waals surface area (Å²) in [6, 6.07) is 1.96. The van der Waals surface area contributed by atoms with Crippen LogP contribution in [0, 0.1) is 11.3 Å². The molecule has 1 amide bonds. The second-order valence-electron chi connectivity index (χ2n) is 2.89. The molecule has 70 valence electrons. The van der Waals surface area contributed by atoms with E-state index in [0.717, 1.165) is 23.5 Å². The highest BCUT2D eigenvalue weighted by atomic mass is 32.2. The second kappa shape index (κ2) is 4.93. The Hall–Kier alpha value is -0.950. The molecule has 0 aliphatic carbocycles. The number of hydrogen-bond acceptors (Lipinski definition) is 3. The number of amides is 1. The van der Waals surface area contributed by atoms with Gasteiger partial charge >= 0.3 is 0 Å². The number of thioether (sulfide) groups is 1. The van der Waals surface area contributed by atoms with Gasteiger partial charge in [0, 0.05) is 18.4 Å². The fourth-order valence-electron chi connectivity index (χ4n) is 1.13. The molecule has 0 N–H and O–H groups in total. The lowest BCUT2D eigenvalue weighted by Gasteiger charge is -2.17. The minimum absolute atomic E-state index is 0.00579. The van der Waals surface area contributed by atoms with E-state index in [1.807, 2.05) is 12.1 Å². The molecule has 0 bridgehead atoms. The van der Waals surface area contributed by atoms with E-state index in [9.17, 15) is 4.79 Å². The van der Waals surface area contributed by atoms with E-state index in [1.165, 1.54) is 4.90 Å². The van der Waals surface area contributed by atoms with Crippen LogP contribution in [0.2, 0.25) is 0 Å². The van der Waals surface area contributed by atoms with Crippen molar-refractivity contribution in [1.29, 1.82) is 5.26 Å². The highest BCUT2D eigenvalue weighted by molar-refractivity contribution is 7.99. The Bertz CT molecular complexity index is 267. The van der Waals surface area contributed by atoms with Crippen molar-refractivity contribution < 1.29 is 4.79 Å². The van der Waals surface area contributed by atoms with Gasteiger partial charge in [-0.1, -0.05) is 6.08 Å². The smallest absolute Gasteiger partial charge is 0.250 e. The fourth-order valence-corrected chi connectivity index (χ4v) is 2.02. The fraction of sp³-hybridized carbons (Fsp3) is 0.556. The van der Waals surface area contributed by atoms with E-state index in [1.54, 1.807) is 18.8 Å². The molecule has 1 rings (SSSR count). The molecule has 0 unspecified atom stereocenters. The van der Waals surface area contributed by atoms with E-state index < -0.39 is 0 Å². The summed E-state index contributed by atoms with van der Waals surface area (Å²) in [4.78, 5) is 13.0. The van der Waals surface area contributed by atoms with Crippen LogP contribution in [0.1, 0.15) is 6.42 Å². The molecule has 0 saturated heterocycles. The van der Waals surface area contributed by atoms with Crippen molar-refractivity contribution in [3.8, 4) is 6.07 Å². The van der Waals surface area contributed by atoms with Gasteiger partial charge in [-0.25, -0.2) is 0 Å². The van der Waals surface area contributed by atoms with Crippen LogP contribution in [-0.4, -0.2) is 35.9 Å². The topological polar surface area (TPSA) is 44.1 Å². The minimum Gasteiger partial charge on any atom is -0.329 e. The maximum Gasteiger partial charge on any atom is 0.250 e. The molecule has 3 nitrogen and oxygen atoms in total. The first-order valence-electron chi connectivity index (χ1n) is 4.15. The van der Waals surface area contributed by atoms with Gasteiger partial charge in [-0.15, -0.1) is 0 Å². The van der Waals surface area contributed by atoms with Crippen molar-refractivity contribution in [2.24, 2.45) is 0 Å². The zero-order valence-corrected chi connectivity index (χ0v) is 8.43. The quantitative estimate of drug-likeness (QED) is 0.620. The lowest BCUT2D eigenvalue weighted by Crippen LogP contribution is -2.29. The first kappa shape index (κ1) is 10.1. The number of nitriles is 1. The molecule has 0 aromatic heterocycles. The summed E-state index contributed by atoms with van der Waals surface area (Å²) < 4.78 is 0. The molecule has 0 fully saturated rings. The van der Waals surface area contributed by atoms with Crippen molar-refractivity contribution in [2.45, 2.75) is 6.42 Å². The molecule has 13 heavy (non-hydrogen) atoms. The average molecular weight is 196 g/mol. The molecule has 0 radical (unpaired) electrons. The molecule has 0 aromatic rings. The third-order valence-electron chi connectivity index (χ3n) is 1.84. The number of nitrogens with zero attached hydrogens (tertiary/aromatic N) is 2. The van der Waals surface area contributed by atoms with Gasteiger partial charge in [0.2, 0.25) is 0 Å². The standard InChI is InChI=1S/C9H12N2OS/c1-11(5-4-10)9(12)8-3-2-6-13-7-8/h3H,2,5-7H2,1H3. The summed E-state index contributed by atoms with van der Waals surface area (Å²) >= 11 is 1.77. The van der Waals surface area contributed by atoms with E-state index in [2.05, 4.69) is 0 Å². The molecule has 0 saturated carbocycles. The van der Waals surface area contributed by atoms with E-state index in [0.29, 0.717) is 0 Å². The van der Waals surface area contributed by atoms with E-state index in [4.69, 9.17) is 5.26 Å². The molecule has 1 aliphatic heterocycles. The molecular formula is C9H12N2OS. The maximum absolute atomic E-state index is 11.6. The van der Waals surface area contributed by atoms with Gasteiger partial charge in [-0.05, 0) is 12.2 Å². The summed E-state index contributed by atoms with van der Waals surface area (Å²) in [5.41, 5.74) is 0.842. The third kappa shape index (κ3) is 2.78. The lowest BCUT2D eigenvalue weighted by atomic mass is 10.2. The van der Waals surface area contributed by atoms with E-state index >= 15 is 0 Å². The monoisotopic (exact) mass is 196 g/mol. The zero-order chi connectivity index (χ0) is 9.68. The Morgan fingerprint density at radius 2 is 2.62 bits per heavy atom. The molecule has 1 aliphatic rings. The van der Waals surface area contributed by atoms with Crippen LogP contribution in [0.4, 0.5) is 0 Å². The maximum atomic E-state index is 11.6. The van der Waals surface area contributed by atoms with Crippen molar-refractivity contribution >= 4 is 17.7 Å². The first-order chi connectivity index (χ1) is 6.25. The van der Waals surface area contributed by atoms with Crippen LogP contribution in [-0.2, 0) is 4.79 Å². The predicted molar refractivity (Wildman–Crippen MR) is 53.3 cm³/mol. The van der Waals surface area contributed by atoms with Crippen LogP contribution < -0.4 is 0 Å². The Balaban J connectivity index is 2.56. The van der Waals surface area contributed by atoms with Crippen molar-refractivity contribution in [3.63, 3.8) is 0 Å². The van der Waals surface area contributed by atoms with E-state index in [-0.39, 0.29) is 12.5 Å². The number of carbonyl (C=O) groups excluding carboxylic acids is 1. The normalized spacial score (nSPS) is 15.8. The molecule has 1 heterocycles. The summed E-state index contributed by atoms with van der Waals surface area (Å²) in [6.45, 7) is 0.167. The summed E-state index contributed by atoms with van der Waals surface area (Å²) in [7, 11) is 1.66. The first-order valence-corrected chi connectivity index (χ1v) is 5.30. The van der Waals surface area contributed by atoms with Crippen LogP contribution in [0.25, 0.3) is 0 Å². The highest BCUT2D eigenvalue weighted by Crippen LogP contribution is 2.17. The molecular weight excluding hydrogens is 184 g/mol. The molecule has 4 heteroatoms. The molecule has 0 atom stereocenters. The number of rotatable bonds is 2. The Kier molecular flexibility index (Phi) is 3.84. The number of carbonyl (C=O) groups is 1. The average Bonchev–Trinajstić information content (AvgIpc) is 2.18. The van der Waals surface area contributed by atoms with Gasteiger partial charge in [0.25, 0.3) is 5.91 Å². The van der Waals surface area contributed by atoms with Crippen LogP contribution in [0.5, 0.6) is 0 Å². The Morgan fingerprint density at radius 1 is 1.85 bits per heavy atom. The minimum atomic E-state index is -0.00579.